The van der Waals surface area contributed by atoms with Gasteiger partial charge >= 0.3 is 0 Å². The lowest BCUT2D eigenvalue weighted by molar-refractivity contribution is 0.112. The summed E-state index contributed by atoms with van der Waals surface area (Å²) in [7, 11) is 0. The van der Waals surface area contributed by atoms with E-state index in [0.717, 1.165) is 0 Å². The van der Waals surface area contributed by atoms with Gasteiger partial charge in [-0.3, -0.25) is 4.79 Å². The maximum atomic E-state index is 13.6. The van der Waals surface area contributed by atoms with E-state index in [-0.39, 0.29) is 17.9 Å². The molecule has 0 amide bonds. The van der Waals surface area contributed by atoms with Gasteiger partial charge in [0.05, 0.1) is 12.2 Å². The largest absolute Gasteiger partial charge is 0.454 e. The molecular formula is C14H11FO3. The highest BCUT2D eigenvalue weighted by Gasteiger charge is 2.10. The van der Waals surface area contributed by atoms with Gasteiger partial charge in [-0.25, -0.2) is 4.39 Å². The molecule has 0 aliphatic rings. The Bertz CT molecular complexity index is 567. The van der Waals surface area contributed by atoms with E-state index in [1.165, 1.54) is 18.2 Å². The van der Waals surface area contributed by atoms with Gasteiger partial charge in [-0.2, -0.15) is 0 Å². The van der Waals surface area contributed by atoms with Crippen LogP contribution in [0.1, 0.15) is 15.9 Å². The molecule has 1 N–H and O–H groups in total. The Kier molecular flexibility index (Phi) is 3.69. The molecule has 0 atom stereocenters. The third-order valence-electron chi connectivity index (χ3n) is 2.43. The standard InChI is InChI=1S/C14H11FO3/c15-13-6-2-4-11(9-17)14(13)18-12-5-1-3-10(7-12)8-16/h1-7,9,16H,8H2. The van der Waals surface area contributed by atoms with Crippen LogP contribution in [0, 0.1) is 5.82 Å². The molecule has 0 saturated carbocycles. The van der Waals surface area contributed by atoms with Crippen molar-refractivity contribution in [2.24, 2.45) is 0 Å². The van der Waals surface area contributed by atoms with Gasteiger partial charge < -0.3 is 9.84 Å². The molecule has 0 unspecified atom stereocenters. The third kappa shape index (κ3) is 2.55. The number of carbonyl (C=O) groups is 1. The normalized spacial score (nSPS) is 10.1. The van der Waals surface area contributed by atoms with Crippen molar-refractivity contribution in [1.29, 1.82) is 0 Å². The molecule has 0 aromatic heterocycles. The second kappa shape index (κ2) is 5.42. The van der Waals surface area contributed by atoms with E-state index in [0.29, 0.717) is 17.6 Å². The Morgan fingerprint density at radius 1 is 1.22 bits per heavy atom. The van der Waals surface area contributed by atoms with Crippen LogP contribution in [0.15, 0.2) is 42.5 Å². The summed E-state index contributed by atoms with van der Waals surface area (Å²) < 4.78 is 18.9. The minimum absolute atomic E-state index is 0.109. The number of aliphatic hydroxyl groups excluding tert-OH is 1. The predicted molar refractivity (Wildman–Crippen MR) is 64.2 cm³/mol. The number of rotatable bonds is 4. The number of hydrogen-bond donors (Lipinski definition) is 1. The molecule has 3 nitrogen and oxygen atoms in total. The average Bonchev–Trinajstić information content (AvgIpc) is 2.41. The molecule has 0 radical (unpaired) electrons. The number of aliphatic hydroxyl groups is 1. The van der Waals surface area contributed by atoms with Gasteiger partial charge in [-0.05, 0) is 29.8 Å². The van der Waals surface area contributed by atoms with E-state index in [4.69, 9.17) is 9.84 Å². The first-order chi connectivity index (χ1) is 8.74. The SMILES string of the molecule is O=Cc1cccc(F)c1Oc1cccc(CO)c1. The number of halogens is 1. The third-order valence-corrected chi connectivity index (χ3v) is 2.43. The van der Waals surface area contributed by atoms with E-state index >= 15 is 0 Å². The summed E-state index contributed by atoms with van der Waals surface area (Å²) in [5.41, 5.74) is 0.792. The quantitative estimate of drug-likeness (QED) is 0.844. The molecule has 0 fully saturated rings. The van der Waals surface area contributed by atoms with Crippen molar-refractivity contribution in [2.45, 2.75) is 6.61 Å². The fraction of sp³-hybridized carbons (Fsp3) is 0.0714. The molecule has 0 aliphatic heterocycles. The number of ether oxygens (including phenoxy) is 1. The van der Waals surface area contributed by atoms with Crippen molar-refractivity contribution >= 4 is 6.29 Å². The number of benzene rings is 2. The van der Waals surface area contributed by atoms with Gasteiger partial charge in [-0.15, -0.1) is 0 Å². The van der Waals surface area contributed by atoms with Crippen LogP contribution in [0.2, 0.25) is 0 Å². The van der Waals surface area contributed by atoms with Crippen LogP contribution in [0.5, 0.6) is 11.5 Å². The Morgan fingerprint density at radius 2 is 2.00 bits per heavy atom. The van der Waals surface area contributed by atoms with Gasteiger partial charge in [0, 0.05) is 0 Å². The number of aldehydes is 1. The van der Waals surface area contributed by atoms with Crippen molar-refractivity contribution in [3.63, 3.8) is 0 Å². The minimum atomic E-state index is -0.603. The molecule has 0 aliphatic carbocycles. The summed E-state index contributed by atoms with van der Waals surface area (Å²) in [5, 5.41) is 9.00. The van der Waals surface area contributed by atoms with Crippen molar-refractivity contribution in [3.8, 4) is 11.5 Å². The summed E-state index contributed by atoms with van der Waals surface area (Å²) in [5.74, 6) is -0.341. The van der Waals surface area contributed by atoms with Crippen molar-refractivity contribution in [3.05, 3.63) is 59.4 Å². The van der Waals surface area contributed by atoms with E-state index in [1.54, 1.807) is 24.3 Å². The lowest BCUT2D eigenvalue weighted by atomic mass is 10.2. The summed E-state index contributed by atoms with van der Waals surface area (Å²) in [6.45, 7) is -0.130. The van der Waals surface area contributed by atoms with Gasteiger partial charge in [-0.1, -0.05) is 18.2 Å². The molecule has 18 heavy (non-hydrogen) atoms. The minimum Gasteiger partial charge on any atom is -0.454 e. The number of hydrogen-bond acceptors (Lipinski definition) is 3. The lowest BCUT2D eigenvalue weighted by Crippen LogP contribution is -1.94. The molecular weight excluding hydrogens is 235 g/mol. The van der Waals surface area contributed by atoms with E-state index in [9.17, 15) is 9.18 Å². The maximum absolute atomic E-state index is 13.6. The Balaban J connectivity index is 2.36. The van der Waals surface area contributed by atoms with Gasteiger partial charge in [0.1, 0.15) is 5.75 Å². The summed E-state index contributed by atoms with van der Waals surface area (Å²) >= 11 is 0. The maximum Gasteiger partial charge on any atom is 0.173 e. The zero-order chi connectivity index (χ0) is 13.0. The van der Waals surface area contributed by atoms with Crippen molar-refractivity contribution in [2.75, 3.05) is 0 Å². The molecule has 2 rings (SSSR count). The second-order valence-electron chi connectivity index (χ2n) is 3.68. The zero-order valence-electron chi connectivity index (χ0n) is 9.47. The smallest absolute Gasteiger partial charge is 0.173 e. The summed E-state index contributed by atoms with van der Waals surface area (Å²) in [4.78, 5) is 10.8. The van der Waals surface area contributed by atoms with Gasteiger partial charge in [0.15, 0.2) is 17.9 Å². The molecule has 2 aromatic carbocycles. The fourth-order valence-corrected chi connectivity index (χ4v) is 1.55. The zero-order valence-corrected chi connectivity index (χ0v) is 9.47. The second-order valence-corrected chi connectivity index (χ2v) is 3.68. The van der Waals surface area contributed by atoms with E-state index < -0.39 is 5.82 Å². The molecule has 92 valence electrons. The number of carbonyl (C=O) groups excluding carboxylic acids is 1. The van der Waals surface area contributed by atoms with Crippen LogP contribution in [0.25, 0.3) is 0 Å². The average molecular weight is 246 g/mol. The summed E-state index contributed by atoms with van der Waals surface area (Å²) in [6, 6.07) is 10.7. The topological polar surface area (TPSA) is 46.5 Å². The van der Waals surface area contributed by atoms with Crippen LogP contribution in [-0.4, -0.2) is 11.4 Å². The first-order valence-electron chi connectivity index (χ1n) is 5.36. The molecule has 0 spiro atoms. The van der Waals surface area contributed by atoms with Crippen LogP contribution >= 0.6 is 0 Å². The highest BCUT2D eigenvalue weighted by Crippen LogP contribution is 2.27. The first-order valence-corrected chi connectivity index (χ1v) is 5.36. The Labute approximate surface area is 103 Å². The predicted octanol–water partition coefficient (Wildman–Crippen LogP) is 2.92. The van der Waals surface area contributed by atoms with E-state index in [1.807, 2.05) is 0 Å². The van der Waals surface area contributed by atoms with Gasteiger partial charge in [0.2, 0.25) is 0 Å². The molecule has 4 heteroatoms. The first kappa shape index (κ1) is 12.3. The lowest BCUT2D eigenvalue weighted by Gasteiger charge is -2.09. The van der Waals surface area contributed by atoms with E-state index in [2.05, 4.69) is 0 Å². The summed E-state index contributed by atoms with van der Waals surface area (Å²) in [6.07, 6.45) is 0.536. The van der Waals surface area contributed by atoms with Crippen molar-refractivity contribution in [1.82, 2.24) is 0 Å². The Morgan fingerprint density at radius 3 is 2.72 bits per heavy atom. The molecule has 2 aromatic rings. The molecule has 0 heterocycles. The molecule has 0 bridgehead atoms. The highest BCUT2D eigenvalue weighted by molar-refractivity contribution is 5.79. The Hall–Kier alpha value is -2.20. The van der Waals surface area contributed by atoms with Crippen LogP contribution < -0.4 is 4.74 Å². The van der Waals surface area contributed by atoms with Crippen LogP contribution in [0.4, 0.5) is 4.39 Å². The fourth-order valence-electron chi connectivity index (χ4n) is 1.55. The highest BCUT2D eigenvalue weighted by atomic mass is 19.1. The molecule has 0 saturated heterocycles. The van der Waals surface area contributed by atoms with Crippen LogP contribution in [0.3, 0.4) is 0 Å². The number of para-hydroxylation sites is 1. The van der Waals surface area contributed by atoms with Crippen molar-refractivity contribution < 1.29 is 19.0 Å². The van der Waals surface area contributed by atoms with Crippen LogP contribution in [-0.2, 0) is 6.61 Å². The monoisotopic (exact) mass is 246 g/mol. The van der Waals surface area contributed by atoms with Gasteiger partial charge in [0.25, 0.3) is 0 Å².